The van der Waals surface area contributed by atoms with Crippen LogP contribution in [0.4, 0.5) is 5.82 Å². The first-order valence-corrected chi connectivity index (χ1v) is 8.21. The Kier molecular flexibility index (Phi) is 4.31. The normalized spacial score (nSPS) is 18.1. The van der Waals surface area contributed by atoms with Crippen molar-refractivity contribution in [2.45, 2.75) is 11.3 Å². The summed E-state index contributed by atoms with van der Waals surface area (Å²) in [7, 11) is -2.17. The van der Waals surface area contributed by atoms with Crippen molar-refractivity contribution in [3.8, 4) is 0 Å². The van der Waals surface area contributed by atoms with E-state index in [2.05, 4.69) is 20.9 Å². The van der Waals surface area contributed by atoms with Crippen molar-refractivity contribution >= 4 is 37.7 Å². The summed E-state index contributed by atoms with van der Waals surface area (Å²) in [6.45, 7) is 0.645. The smallest absolute Gasteiger partial charge is 0.247 e. The molecule has 0 aromatic carbocycles. The molecule has 1 aromatic rings. The van der Waals surface area contributed by atoms with Crippen molar-refractivity contribution in [2.75, 3.05) is 32.4 Å². The lowest BCUT2D eigenvalue weighted by atomic mass is 10.4. The van der Waals surface area contributed by atoms with E-state index >= 15 is 0 Å². The lowest BCUT2D eigenvalue weighted by molar-refractivity contribution is -0.129. The number of halogens is 1. The Bertz CT molecular complexity index is 635. The van der Waals surface area contributed by atoms with Crippen LogP contribution in [0.15, 0.2) is 21.6 Å². The maximum Gasteiger partial charge on any atom is 0.247 e. The number of likely N-dealkylation sites (N-methyl/N-ethyl adjacent to an activating group) is 1. The summed E-state index contributed by atoms with van der Waals surface area (Å²) in [4.78, 5) is 17.1. The van der Waals surface area contributed by atoms with Gasteiger partial charge in [0.1, 0.15) is 10.7 Å². The molecule has 2 heterocycles. The summed E-state index contributed by atoms with van der Waals surface area (Å²) in [5, 5.41) is 0. The van der Waals surface area contributed by atoms with Crippen LogP contribution in [0.5, 0.6) is 0 Å². The van der Waals surface area contributed by atoms with E-state index in [0.717, 1.165) is 4.31 Å². The van der Waals surface area contributed by atoms with E-state index in [1.807, 2.05) is 0 Å². The highest BCUT2D eigenvalue weighted by Gasteiger charge is 2.31. The van der Waals surface area contributed by atoms with Crippen LogP contribution in [-0.4, -0.2) is 55.2 Å². The molecule has 1 amide bonds. The molecule has 2 rings (SSSR count). The van der Waals surface area contributed by atoms with E-state index in [9.17, 15) is 13.2 Å². The Morgan fingerprint density at radius 1 is 1.40 bits per heavy atom. The van der Waals surface area contributed by atoms with Crippen molar-refractivity contribution < 1.29 is 13.2 Å². The molecular weight excluding hydrogens is 348 g/mol. The van der Waals surface area contributed by atoms with Gasteiger partial charge in [-0.25, -0.2) is 13.4 Å². The third-order valence-electron chi connectivity index (χ3n) is 3.10. The van der Waals surface area contributed by atoms with Crippen LogP contribution in [0.3, 0.4) is 0 Å². The van der Waals surface area contributed by atoms with Gasteiger partial charge in [0.25, 0.3) is 0 Å². The fourth-order valence-electron chi connectivity index (χ4n) is 1.94. The SMILES string of the molecule is CN1CCCN(S(=O)(=O)c2cc(Br)cnc2N)CC1=O. The summed E-state index contributed by atoms with van der Waals surface area (Å²) in [5.41, 5.74) is 5.65. The van der Waals surface area contributed by atoms with E-state index < -0.39 is 10.0 Å². The number of aromatic nitrogens is 1. The number of sulfonamides is 1. The lowest BCUT2D eigenvalue weighted by Gasteiger charge is -2.20. The molecule has 2 N–H and O–H groups in total. The maximum absolute atomic E-state index is 12.6. The second kappa shape index (κ2) is 5.66. The van der Waals surface area contributed by atoms with Gasteiger partial charge in [-0.2, -0.15) is 4.31 Å². The zero-order valence-corrected chi connectivity index (χ0v) is 13.3. The van der Waals surface area contributed by atoms with Crippen molar-refractivity contribution in [3.05, 3.63) is 16.7 Å². The van der Waals surface area contributed by atoms with Gasteiger partial charge in [-0.05, 0) is 28.4 Å². The van der Waals surface area contributed by atoms with Crippen LogP contribution < -0.4 is 5.73 Å². The molecule has 0 radical (unpaired) electrons. The molecule has 1 fully saturated rings. The number of nitrogens with zero attached hydrogens (tertiary/aromatic N) is 3. The van der Waals surface area contributed by atoms with Gasteiger partial charge < -0.3 is 10.6 Å². The zero-order valence-electron chi connectivity index (χ0n) is 10.9. The Labute approximate surface area is 125 Å². The van der Waals surface area contributed by atoms with Gasteiger partial charge in [0.15, 0.2) is 0 Å². The molecule has 7 nitrogen and oxygen atoms in total. The molecule has 0 spiro atoms. The number of anilines is 1. The summed E-state index contributed by atoms with van der Waals surface area (Å²) >= 11 is 3.17. The first-order valence-electron chi connectivity index (χ1n) is 5.97. The van der Waals surface area contributed by atoms with Crippen molar-refractivity contribution in [2.24, 2.45) is 0 Å². The average Bonchev–Trinajstić information content (AvgIpc) is 2.55. The van der Waals surface area contributed by atoms with Crippen molar-refractivity contribution in [1.29, 1.82) is 0 Å². The predicted molar refractivity (Wildman–Crippen MR) is 77.4 cm³/mol. The minimum Gasteiger partial charge on any atom is -0.383 e. The molecule has 0 saturated carbocycles. The van der Waals surface area contributed by atoms with Crippen LogP contribution in [0.2, 0.25) is 0 Å². The third-order valence-corrected chi connectivity index (χ3v) is 5.41. The summed E-state index contributed by atoms with van der Waals surface area (Å²) in [6, 6.07) is 1.40. The molecule has 1 aliphatic rings. The maximum atomic E-state index is 12.6. The van der Waals surface area contributed by atoms with Gasteiger partial charge in [0.05, 0.1) is 6.54 Å². The van der Waals surface area contributed by atoms with E-state index in [1.165, 1.54) is 17.2 Å². The first-order chi connectivity index (χ1) is 9.32. The number of nitrogen functional groups attached to an aromatic ring is 1. The monoisotopic (exact) mass is 362 g/mol. The number of nitrogens with two attached hydrogens (primary N) is 1. The number of amides is 1. The van der Waals surface area contributed by atoms with Crippen LogP contribution in [0, 0.1) is 0 Å². The molecule has 0 unspecified atom stereocenters. The largest absolute Gasteiger partial charge is 0.383 e. The molecular formula is C11H15BrN4O3S. The lowest BCUT2D eigenvalue weighted by Crippen LogP contribution is -2.38. The van der Waals surface area contributed by atoms with Gasteiger partial charge in [0.2, 0.25) is 15.9 Å². The zero-order chi connectivity index (χ0) is 14.9. The quantitative estimate of drug-likeness (QED) is 0.814. The minimum atomic E-state index is -3.83. The molecule has 0 aliphatic carbocycles. The molecule has 9 heteroatoms. The molecule has 1 aliphatic heterocycles. The third kappa shape index (κ3) is 2.94. The highest BCUT2D eigenvalue weighted by Crippen LogP contribution is 2.24. The average molecular weight is 363 g/mol. The molecule has 1 saturated heterocycles. The highest BCUT2D eigenvalue weighted by molar-refractivity contribution is 9.10. The Morgan fingerprint density at radius 2 is 2.10 bits per heavy atom. The van der Waals surface area contributed by atoms with Crippen LogP contribution in [-0.2, 0) is 14.8 Å². The summed E-state index contributed by atoms with van der Waals surface area (Å²) in [5.74, 6) is -0.300. The van der Waals surface area contributed by atoms with Crippen LogP contribution in [0.1, 0.15) is 6.42 Å². The number of carbonyl (C=O) groups is 1. The number of hydrogen-bond donors (Lipinski definition) is 1. The summed E-state index contributed by atoms with van der Waals surface area (Å²) < 4.78 is 26.8. The van der Waals surface area contributed by atoms with E-state index in [1.54, 1.807) is 7.05 Å². The molecule has 20 heavy (non-hydrogen) atoms. The molecule has 0 atom stereocenters. The van der Waals surface area contributed by atoms with Gasteiger partial charge in [0, 0.05) is 30.8 Å². The van der Waals surface area contributed by atoms with E-state index in [-0.39, 0.29) is 29.7 Å². The van der Waals surface area contributed by atoms with Gasteiger partial charge in [-0.1, -0.05) is 0 Å². The fourth-order valence-corrected chi connectivity index (χ4v) is 3.95. The van der Waals surface area contributed by atoms with Crippen LogP contribution >= 0.6 is 15.9 Å². The highest BCUT2D eigenvalue weighted by atomic mass is 79.9. The van der Waals surface area contributed by atoms with E-state index in [0.29, 0.717) is 17.4 Å². The number of carbonyl (C=O) groups excluding carboxylic acids is 1. The van der Waals surface area contributed by atoms with Gasteiger partial charge in [-0.15, -0.1) is 0 Å². The number of pyridine rings is 1. The second-order valence-electron chi connectivity index (χ2n) is 4.54. The predicted octanol–water partition coefficient (Wildman–Crippen LogP) is 0.279. The minimum absolute atomic E-state index is 0.0711. The van der Waals surface area contributed by atoms with Crippen molar-refractivity contribution in [1.82, 2.24) is 14.2 Å². The first kappa shape index (κ1) is 15.2. The number of rotatable bonds is 2. The Balaban J connectivity index is 2.39. The number of hydrogen-bond acceptors (Lipinski definition) is 5. The molecule has 110 valence electrons. The van der Waals surface area contributed by atoms with Gasteiger partial charge in [-0.3, -0.25) is 4.79 Å². The molecule has 0 bridgehead atoms. The second-order valence-corrected chi connectivity index (χ2v) is 7.37. The van der Waals surface area contributed by atoms with Gasteiger partial charge >= 0.3 is 0 Å². The van der Waals surface area contributed by atoms with Crippen molar-refractivity contribution in [3.63, 3.8) is 0 Å². The Hall–Kier alpha value is -1.19. The summed E-state index contributed by atoms with van der Waals surface area (Å²) in [6.07, 6.45) is 2.01. The van der Waals surface area contributed by atoms with Crippen LogP contribution in [0.25, 0.3) is 0 Å². The Morgan fingerprint density at radius 3 is 2.80 bits per heavy atom. The standard InChI is InChI=1S/C11H15BrN4O3S/c1-15-3-2-4-16(7-10(15)17)20(18,19)9-5-8(12)6-14-11(9)13/h5-6H,2-4,7H2,1H3,(H2,13,14). The fraction of sp³-hybridized carbons (Fsp3) is 0.455. The topological polar surface area (TPSA) is 96.6 Å². The van der Waals surface area contributed by atoms with E-state index in [4.69, 9.17) is 5.73 Å². The molecule has 1 aromatic heterocycles.